The van der Waals surface area contributed by atoms with E-state index in [2.05, 4.69) is 0 Å². The second-order valence-corrected chi connectivity index (χ2v) is 6.35. The average Bonchev–Trinajstić information content (AvgIpc) is 2.94. The molecule has 5 nitrogen and oxygen atoms in total. The zero-order valence-corrected chi connectivity index (χ0v) is 13.9. The Bertz CT molecular complexity index is 543. The molecule has 0 spiro atoms. The van der Waals surface area contributed by atoms with Crippen LogP contribution in [0.3, 0.4) is 0 Å². The van der Waals surface area contributed by atoms with E-state index < -0.39 is 18.1 Å². The molecule has 1 N–H and O–H groups in total. The predicted molar refractivity (Wildman–Crippen MR) is 86.6 cm³/mol. The zero-order valence-electron chi connectivity index (χ0n) is 13.9. The van der Waals surface area contributed by atoms with Crippen molar-refractivity contribution in [2.75, 3.05) is 6.61 Å². The molecule has 1 aliphatic rings. The van der Waals surface area contributed by atoms with Gasteiger partial charge in [0.2, 0.25) is 5.91 Å². The first-order valence-corrected chi connectivity index (χ1v) is 8.20. The third-order valence-corrected chi connectivity index (χ3v) is 4.35. The van der Waals surface area contributed by atoms with Gasteiger partial charge in [0.1, 0.15) is 6.61 Å². The number of amides is 2. The molecule has 0 saturated carbocycles. The van der Waals surface area contributed by atoms with Crippen molar-refractivity contribution >= 4 is 12.0 Å². The lowest BCUT2D eigenvalue weighted by Gasteiger charge is -2.29. The van der Waals surface area contributed by atoms with Crippen LogP contribution in [-0.2, 0) is 9.53 Å². The van der Waals surface area contributed by atoms with Gasteiger partial charge in [-0.2, -0.15) is 0 Å². The molecular formula is C18H25NO4. The Morgan fingerprint density at radius 3 is 2.57 bits per heavy atom. The van der Waals surface area contributed by atoms with E-state index >= 15 is 0 Å². The number of cyclic esters (lactones) is 1. The molecule has 3 atom stereocenters. The second-order valence-electron chi connectivity index (χ2n) is 6.35. The van der Waals surface area contributed by atoms with Crippen molar-refractivity contribution in [3.63, 3.8) is 0 Å². The summed E-state index contributed by atoms with van der Waals surface area (Å²) in [4.78, 5) is 26.1. The molecular weight excluding hydrogens is 294 g/mol. The highest BCUT2D eigenvalue weighted by Gasteiger charge is 2.43. The smallest absolute Gasteiger partial charge is 0.416 e. The van der Waals surface area contributed by atoms with Gasteiger partial charge in [0.15, 0.2) is 0 Å². The molecule has 1 aromatic carbocycles. The molecule has 1 aromatic rings. The first-order valence-electron chi connectivity index (χ1n) is 8.20. The van der Waals surface area contributed by atoms with Gasteiger partial charge in [-0.15, -0.1) is 0 Å². The Balaban J connectivity index is 2.26. The number of nitrogens with zero attached hydrogens (tertiary/aromatic N) is 1. The SMILES string of the molecule is CCCC(C(=O)N1C(=O)OC[C@@H]1C(C)C)C(O)c1ccccc1. The Hall–Kier alpha value is -1.88. The first-order chi connectivity index (χ1) is 11.0. The number of aliphatic hydroxyl groups excluding tert-OH is 1. The lowest BCUT2D eigenvalue weighted by Crippen LogP contribution is -2.46. The van der Waals surface area contributed by atoms with Crippen LogP contribution in [0.1, 0.15) is 45.3 Å². The summed E-state index contributed by atoms with van der Waals surface area (Å²) >= 11 is 0. The van der Waals surface area contributed by atoms with Gasteiger partial charge in [0, 0.05) is 0 Å². The molecule has 0 radical (unpaired) electrons. The summed E-state index contributed by atoms with van der Waals surface area (Å²) < 4.78 is 5.06. The van der Waals surface area contributed by atoms with Gasteiger partial charge in [-0.1, -0.05) is 57.5 Å². The fraction of sp³-hybridized carbons (Fsp3) is 0.556. The van der Waals surface area contributed by atoms with Crippen LogP contribution in [-0.4, -0.2) is 34.7 Å². The minimum Gasteiger partial charge on any atom is -0.447 e. The Kier molecular flexibility index (Phi) is 5.77. The lowest BCUT2D eigenvalue weighted by molar-refractivity contribution is -0.138. The van der Waals surface area contributed by atoms with Gasteiger partial charge >= 0.3 is 6.09 Å². The zero-order chi connectivity index (χ0) is 17.0. The third kappa shape index (κ3) is 3.72. The van der Waals surface area contributed by atoms with Gasteiger partial charge in [0.05, 0.1) is 18.1 Å². The third-order valence-electron chi connectivity index (χ3n) is 4.35. The van der Waals surface area contributed by atoms with Crippen molar-refractivity contribution in [3.05, 3.63) is 35.9 Å². The standard InChI is InChI=1S/C18H25NO4/c1-4-8-14(16(20)13-9-6-5-7-10-13)17(21)19-15(12(2)3)11-23-18(19)22/h5-7,9-10,12,14-16,20H,4,8,11H2,1-3H3/t14?,15-,16?/m1/s1. The second kappa shape index (κ2) is 7.59. The van der Waals surface area contributed by atoms with E-state index in [-0.39, 0.29) is 24.5 Å². The van der Waals surface area contributed by atoms with Crippen molar-refractivity contribution in [2.45, 2.75) is 45.8 Å². The number of imide groups is 1. The maximum absolute atomic E-state index is 12.9. The Morgan fingerprint density at radius 1 is 1.35 bits per heavy atom. The van der Waals surface area contributed by atoms with Gasteiger partial charge in [-0.25, -0.2) is 9.69 Å². The number of ether oxygens (including phenoxy) is 1. The highest BCUT2D eigenvalue weighted by Crippen LogP contribution is 2.31. The van der Waals surface area contributed by atoms with Crippen molar-refractivity contribution in [1.82, 2.24) is 4.90 Å². The van der Waals surface area contributed by atoms with E-state index in [1.807, 2.05) is 39.0 Å². The van der Waals surface area contributed by atoms with Crippen LogP contribution >= 0.6 is 0 Å². The summed E-state index contributed by atoms with van der Waals surface area (Å²) in [6.45, 7) is 6.09. The van der Waals surface area contributed by atoms with E-state index in [0.29, 0.717) is 12.0 Å². The number of benzene rings is 1. The van der Waals surface area contributed by atoms with Crippen LogP contribution < -0.4 is 0 Å². The number of hydrogen-bond acceptors (Lipinski definition) is 4. The Morgan fingerprint density at radius 2 is 2.00 bits per heavy atom. The van der Waals surface area contributed by atoms with Crippen LogP contribution in [0.25, 0.3) is 0 Å². The summed E-state index contributed by atoms with van der Waals surface area (Å²) in [5.74, 6) is -0.875. The first kappa shape index (κ1) is 17.5. The van der Waals surface area contributed by atoms with Gasteiger partial charge < -0.3 is 9.84 Å². The monoisotopic (exact) mass is 319 g/mol. The molecule has 5 heteroatoms. The summed E-state index contributed by atoms with van der Waals surface area (Å²) in [6.07, 6.45) is -0.265. The van der Waals surface area contributed by atoms with E-state index in [1.165, 1.54) is 4.90 Å². The highest BCUT2D eigenvalue weighted by molar-refractivity contribution is 5.95. The molecule has 23 heavy (non-hydrogen) atoms. The largest absolute Gasteiger partial charge is 0.447 e. The number of rotatable bonds is 6. The van der Waals surface area contributed by atoms with Crippen molar-refractivity contribution in [1.29, 1.82) is 0 Å². The molecule has 1 saturated heterocycles. The van der Waals surface area contributed by atoms with Crippen molar-refractivity contribution < 1.29 is 19.4 Å². The highest BCUT2D eigenvalue weighted by atomic mass is 16.6. The summed E-state index contributed by atoms with van der Waals surface area (Å²) in [5.41, 5.74) is 0.688. The number of aliphatic hydroxyl groups is 1. The van der Waals surface area contributed by atoms with Gasteiger partial charge in [-0.3, -0.25) is 4.79 Å². The Labute approximate surface area is 137 Å². The minimum absolute atomic E-state index is 0.113. The number of hydrogen-bond donors (Lipinski definition) is 1. The summed E-state index contributed by atoms with van der Waals surface area (Å²) in [6, 6.07) is 8.84. The maximum atomic E-state index is 12.9. The fourth-order valence-electron chi connectivity index (χ4n) is 2.97. The van der Waals surface area contributed by atoms with E-state index in [1.54, 1.807) is 12.1 Å². The molecule has 0 aromatic heterocycles. The van der Waals surface area contributed by atoms with Gasteiger partial charge in [0.25, 0.3) is 0 Å². The van der Waals surface area contributed by atoms with Gasteiger partial charge in [-0.05, 0) is 17.9 Å². The molecule has 2 rings (SSSR count). The van der Waals surface area contributed by atoms with Crippen LogP contribution in [0.5, 0.6) is 0 Å². The molecule has 1 fully saturated rings. The maximum Gasteiger partial charge on any atom is 0.416 e. The normalized spacial score (nSPS) is 20.5. The molecule has 1 aliphatic heterocycles. The van der Waals surface area contributed by atoms with Crippen LogP contribution in [0.2, 0.25) is 0 Å². The number of carbonyl (C=O) groups excluding carboxylic acids is 2. The summed E-state index contributed by atoms with van der Waals surface area (Å²) in [7, 11) is 0. The van der Waals surface area contributed by atoms with Crippen molar-refractivity contribution in [3.8, 4) is 0 Å². The van der Waals surface area contributed by atoms with Crippen LogP contribution in [0.4, 0.5) is 4.79 Å². The lowest BCUT2D eigenvalue weighted by atomic mass is 9.89. The fourth-order valence-corrected chi connectivity index (χ4v) is 2.97. The van der Waals surface area contributed by atoms with E-state index in [9.17, 15) is 14.7 Å². The molecule has 0 aliphatic carbocycles. The summed E-state index contributed by atoms with van der Waals surface area (Å²) in [5, 5.41) is 10.7. The predicted octanol–water partition coefficient (Wildman–Crippen LogP) is 3.14. The molecule has 2 unspecified atom stereocenters. The van der Waals surface area contributed by atoms with Crippen molar-refractivity contribution in [2.24, 2.45) is 11.8 Å². The van der Waals surface area contributed by atoms with Crippen LogP contribution in [0, 0.1) is 11.8 Å². The van der Waals surface area contributed by atoms with Crippen LogP contribution in [0.15, 0.2) is 30.3 Å². The van der Waals surface area contributed by atoms with E-state index in [4.69, 9.17) is 4.74 Å². The topological polar surface area (TPSA) is 66.8 Å². The molecule has 0 bridgehead atoms. The minimum atomic E-state index is -0.926. The molecule has 126 valence electrons. The molecule has 1 heterocycles. The molecule has 2 amide bonds. The quantitative estimate of drug-likeness (QED) is 0.874. The average molecular weight is 319 g/mol. The number of carbonyl (C=O) groups is 2. The van der Waals surface area contributed by atoms with E-state index in [0.717, 1.165) is 6.42 Å².